The molecule has 2 fully saturated rings. The summed E-state index contributed by atoms with van der Waals surface area (Å²) in [5.74, 6) is 0.411. The first-order valence-corrected chi connectivity index (χ1v) is 8.56. The molecular weight excluding hydrogens is 340 g/mol. The van der Waals surface area contributed by atoms with Gasteiger partial charge in [0.2, 0.25) is 11.8 Å². The molecule has 0 aromatic carbocycles. The number of fused-ring (bicyclic) bond motifs is 2. The molecule has 1 saturated carbocycles. The molecule has 138 valence electrons. The summed E-state index contributed by atoms with van der Waals surface area (Å²) in [6.07, 6.45) is 0.805. The molecule has 26 heavy (non-hydrogen) atoms. The molecule has 2 aromatic heterocycles. The Labute approximate surface area is 148 Å². The summed E-state index contributed by atoms with van der Waals surface area (Å²) in [4.78, 5) is 44.1. The van der Waals surface area contributed by atoms with Crippen LogP contribution in [0.5, 0.6) is 0 Å². The number of aromatic nitrogens is 4. The Morgan fingerprint density at radius 3 is 2.92 bits per heavy atom. The second kappa shape index (κ2) is 6.20. The number of nitrogens with one attached hydrogen (secondary N) is 3. The van der Waals surface area contributed by atoms with Crippen LogP contribution in [0.4, 0.5) is 0 Å². The van der Waals surface area contributed by atoms with Crippen molar-refractivity contribution >= 4 is 17.6 Å². The van der Waals surface area contributed by atoms with Crippen molar-refractivity contribution in [2.24, 2.45) is 5.92 Å². The van der Waals surface area contributed by atoms with Crippen LogP contribution in [0.1, 0.15) is 24.9 Å². The Morgan fingerprint density at radius 2 is 2.15 bits per heavy atom. The van der Waals surface area contributed by atoms with Gasteiger partial charge in [-0.2, -0.15) is 9.50 Å². The van der Waals surface area contributed by atoms with Crippen molar-refractivity contribution in [2.45, 2.75) is 44.9 Å². The third-order valence-corrected chi connectivity index (χ3v) is 4.92. The summed E-state index contributed by atoms with van der Waals surface area (Å²) >= 11 is 0. The minimum atomic E-state index is -0.276. The standard InChI is InChI=1S/C16H20N6O4/c1-7-5-12(25)22-16(17-7)19-10(21-22)6-11(24)20-13-9-3-4-26-15(9)14(13)18-8(2)23/h5,9,13-15H,3-4,6H2,1-2H3,(H,18,23)(H,20,24)(H,17,19,21)/t9-,13+,14-,15-/m1/s1. The summed E-state index contributed by atoms with van der Waals surface area (Å²) in [5.41, 5.74) is 0.291. The van der Waals surface area contributed by atoms with Gasteiger partial charge in [-0.05, 0) is 13.3 Å². The molecule has 3 heterocycles. The number of H-pyrrole nitrogens is 1. The summed E-state index contributed by atoms with van der Waals surface area (Å²) in [5, 5.41) is 8.60. The van der Waals surface area contributed by atoms with Crippen LogP contribution in [0.2, 0.25) is 0 Å². The number of carbonyl (C=O) groups excluding carboxylic acids is 2. The van der Waals surface area contributed by atoms with E-state index in [0.717, 1.165) is 6.42 Å². The molecule has 3 N–H and O–H groups in total. The van der Waals surface area contributed by atoms with E-state index in [2.05, 4.69) is 25.7 Å². The zero-order chi connectivity index (χ0) is 18.4. The van der Waals surface area contributed by atoms with Crippen LogP contribution < -0.4 is 16.2 Å². The van der Waals surface area contributed by atoms with Crippen molar-refractivity contribution in [3.63, 3.8) is 0 Å². The van der Waals surface area contributed by atoms with Gasteiger partial charge in [0.1, 0.15) is 5.82 Å². The highest BCUT2D eigenvalue weighted by atomic mass is 16.5. The number of aromatic amines is 1. The molecule has 10 heteroatoms. The van der Waals surface area contributed by atoms with Gasteiger partial charge in [0.25, 0.3) is 11.3 Å². The second-order valence-electron chi connectivity index (χ2n) is 6.83. The van der Waals surface area contributed by atoms with Crippen molar-refractivity contribution in [1.29, 1.82) is 0 Å². The van der Waals surface area contributed by atoms with Gasteiger partial charge in [0.15, 0.2) is 0 Å². The number of nitrogens with zero attached hydrogens (tertiary/aromatic N) is 3. The first-order chi connectivity index (χ1) is 12.4. The second-order valence-corrected chi connectivity index (χ2v) is 6.83. The number of hydrogen-bond donors (Lipinski definition) is 3. The molecule has 4 atom stereocenters. The number of hydrogen-bond acceptors (Lipinski definition) is 6. The van der Waals surface area contributed by atoms with Crippen LogP contribution in [0.3, 0.4) is 0 Å². The maximum absolute atomic E-state index is 12.4. The Hall–Kier alpha value is -2.75. The average Bonchev–Trinajstić information content (AvgIpc) is 3.14. The maximum atomic E-state index is 12.4. The Kier molecular flexibility index (Phi) is 3.98. The molecule has 1 saturated heterocycles. The van der Waals surface area contributed by atoms with Gasteiger partial charge in [-0.3, -0.25) is 19.5 Å². The molecule has 2 aliphatic rings. The zero-order valence-electron chi connectivity index (χ0n) is 14.5. The van der Waals surface area contributed by atoms with E-state index in [4.69, 9.17) is 4.74 Å². The molecule has 1 aliphatic carbocycles. The summed E-state index contributed by atoms with van der Waals surface area (Å²) < 4.78 is 6.84. The third-order valence-electron chi connectivity index (χ3n) is 4.92. The number of amides is 2. The lowest BCUT2D eigenvalue weighted by molar-refractivity contribution is -0.129. The van der Waals surface area contributed by atoms with Gasteiger partial charge < -0.3 is 15.4 Å². The van der Waals surface area contributed by atoms with Gasteiger partial charge in [0.05, 0.1) is 24.6 Å². The molecule has 0 bridgehead atoms. The SMILES string of the molecule is CC(=O)N[C@@H]1[C@@H](NC(=O)Cc2nc3nc(C)cc(=O)n3[nH]2)[C@H]2CCO[C@H]21. The van der Waals surface area contributed by atoms with E-state index in [1.807, 2.05) is 0 Å². The molecule has 4 rings (SSSR count). The average molecular weight is 360 g/mol. The molecule has 2 aromatic rings. The van der Waals surface area contributed by atoms with Crippen LogP contribution >= 0.6 is 0 Å². The number of carbonyl (C=O) groups is 2. The highest BCUT2D eigenvalue weighted by Crippen LogP contribution is 2.39. The predicted octanol–water partition coefficient (Wildman–Crippen LogP) is -1.32. The minimum absolute atomic E-state index is 0.0105. The molecule has 10 nitrogen and oxygen atoms in total. The number of rotatable bonds is 4. The lowest BCUT2D eigenvalue weighted by Gasteiger charge is -2.47. The lowest BCUT2D eigenvalue weighted by atomic mass is 9.71. The third kappa shape index (κ3) is 2.85. The molecule has 0 radical (unpaired) electrons. The number of aryl methyl sites for hydroxylation is 1. The van der Waals surface area contributed by atoms with Crippen LogP contribution in [-0.2, 0) is 20.7 Å². The van der Waals surface area contributed by atoms with Crippen molar-refractivity contribution in [2.75, 3.05) is 6.61 Å². The van der Waals surface area contributed by atoms with Gasteiger partial charge in [-0.1, -0.05) is 0 Å². The molecular formula is C16H20N6O4. The van der Waals surface area contributed by atoms with E-state index < -0.39 is 0 Å². The first-order valence-electron chi connectivity index (χ1n) is 8.56. The van der Waals surface area contributed by atoms with Crippen LogP contribution in [-0.4, -0.2) is 56.2 Å². The Bertz CT molecular complexity index is 934. The molecule has 0 unspecified atom stereocenters. The van der Waals surface area contributed by atoms with Crippen LogP contribution in [0.25, 0.3) is 5.78 Å². The van der Waals surface area contributed by atoms with Crippen molar-refractivity contribution < 1.29 is 14.3 Å². The fourth-order valence-corrected chi connectivity index (χ4v) is 3.82. The summed E-state index contributed by atoms with van der Waals surface area (Å²) in [7, 11) is 0. The van der Waals surface area contributed by atoms with E-state index in [9.17, 15) is 14.4 Å². The smallest absolute Gasteiger partial charge is 0.274 e. The maximum Gasteiger partial charge on any atom is 0.274 e. The largest absolute Gasteiger partial charge is 0.376 e. The molecule has 0 spiro atoms. The fourth-order valence-electron chi connectivity index (χ4n) is 3.82. The fraction of sp³-hybridized carbons (Fsp3) is 0.562. The highest BCUT2D eigenvalue weighted by molar-refractivity contribution is 5.79. The topological polar surface area (TPSA) is 130 Å². The van der Waals surface area contributed by atoms with E-state index >= 15 is 0 Å². The van der Waals surface area contributed by atoms with Crippen LogP contribution in [0, 0.1) is 12.8 Å². The summed E-state index contributed by atoms with van der Waals surface area (Å²) in [6, 6.07) is 1.01. The Morgan fingerprint density at radius 1 is 1.35 bits per heavy atom. The van der Waals surface area contributed by atoms with E-state index in [-0.39, 0.29) is 53.7 Å². The van der Waals surface area contributed by atoms with Crippen molar-refractivity contribution in [1.82, 2.24) is 30.2 Å². The van der Waals surface area contributed by atoms with E-state index in [1.165, 1.54) is 17.5 Å². The lowest BCUT2D eigenvalue weighted by Crippen LogP contribution is -2.70. The van der Waals surface area contributed by atoms with Gasteiger partial charge in [0, 0.05) is 31.2 Å². The highest BCUT2D eigenvalue weighted by Gasteiger charge is 2.54. The Balaban J connectivity index is 1.46. The van der Waals surface area contributed by atoms with Crippen LogP contribution in [0.15, 0.2) is 10.9 Å². The van der Waals surface area contributed by atoms with Gasteiger partial charge in [-0.15, -0.1) is 0 Å². The molecule has 2 amide bonds. The van der Waals surface area contributed by atoms with E-state index in [0.29, 0.717) is 18.1 Å². The van der Waals surface area contributed by atoms with Gasteiger partial charge in [-0.25, -0.2) is 4.98 Å². The summed E-state index contributed by atoms with van der Waals surface area (Å²) in [6.45, 7) is 3.79. The molecule has 1 aliphatic heterocycles. The van der Waals surface area contributed by atoms with E-state index in [1.54, 1.807) is 6.92 Å². The normalized spacial score (nSPS) is 27.0. The zero-order valence-corrected chi connectivity index (χ0v) is 14.5. The van der Waals surface area contributed by atoms with Crippen molar-refractivity contribution in [3.8, 4) is 0 Å². The predicted molar refractivity (Wildman–Crippen MR) is 89.4 cm³/mol. The van der Waals surface area contributed by atoms with Gasteiger partial charge >= 0.3 is 0 Å². The first kappa shape index (κ1) is 16.7. The van der Waals surface area contributed by atoms with Crippen molar-refractivity contribution in [3.05, 3.63) is 27.9 Å². The number of ether oxygens (including phenoxy) is 1. The minimum Gasteiger partial charge on any atom is -0.376 e. The monoisotopic (exact) mass is 360 g/mol. The quantitative estimate of drug-likeness (QED) is 0.620.